The molecule has 33 heavy (non-hydrogen) atoms. The van der Waals surface area contributed by atoms with E-state index >= 15 is 0 Å². The fourth-order valence-corrected chi connectivity index (χ4v) is 7.40. The van der Waals surface area contributed by atoms with Crippen molar-refractivity contribution >= 4 is 15.9 Å². The van der Waals surface area contributed by atoms with E-state index in [0.29, 0.717) is 17.9 Å². The molecule has 1 spiro atoms. The van der Waals surface area contributed by atoms with E-state index < -0.39 is 11.2 Å². The molecular formula is C30H33BrO2. The maximum atomic E-state index is 11.2. The second-order valence-corrected chi connectivity index (χ2v) is 10.4. The summed E-state index contributed by atoms with van der Waals surface area (Å²) in [6, 6.07) is 31.8. The predicted octanol–water partition coefficient (Wildman–Crippen LogP) is 7.09. The summed E-state index contributed by atoms with van der Waals surface area (Å²) in [5, 5.41) is 11.9. The number of aliphatic hydroxyl groups is 1. The number of hydrogen-bond acceptors (Lipinski definition) is 2. The molecule has 0 aromatic heterocycles. The van der Waals surface area contributed by atoms with Crippen LogP contribution in [0.2, 0.25) is 0 Å². The summed E-state index contributed by atoms with van der Waals surface area (Å²) < 4.78 is 7.02. The highest BCUT2D eigenvalue weighted by Gasteiger charge is 2.62. The van der Waals surface area contributed by atoms with E-state index in [0.717, 1.165) is 42.4 Å². The summed E-state index contributed by atoms with van der Waals surface area (Å²) >= 11 is 3.61. The van der Waals surface area contributed by atoms with Gasteiger partial charge in [-0.3, -0.25) is 0 Å². The van der Waals surface area contributed by atoms with Crippen molar-refractivity contribution in [3.63, 3.8) is 0 Å². The van der Waals surface area contributed by atoms with Gasteiger partial charge in [-0.15, -0.1) is 0 Å². The van der Waals surface area contributed by atoms with Gasteiger partial charge < -0.3 is 9.84 Å². The normalized spacial score (nSPS) is 26.9. The summed E-state index contributed by atoms with van der Waals surface area (Å²) in [5.41, 5.74) is 2.27. The standard InChI is InChI=1S/C30H33BrO2/c31-23-29(32)21-20-28(29)19-10-17-24(28)18-22-33-30(25-11-4-1-5-12-25,26-13-6-2-7-14-26)27-15-8-3-9-16-27/h1-9,11-16,24,32H,10,17-23H2. The molecule has 0 bridgehead atoms. The Hall–Kier alpha value is -1.94. The van der Waals surface area contributed by atoms with Crippen LogP contribution in [0.15, 0.2) is 91.0 Å². The molecule has 1 N–H and O–H groups in total. The summed E-state index contributed by atoms with van der Waals surface area (Å²) in [6.45, 7) is 0.656. The second-order valence-electron chi connectivity index (χ2n) is 9.83. The van der Waals surface area contributed by atoms with Gasteiger partial charge in [-0.25, -0.2) is 0 Å². The van der Waals surface area contributed by atoms with Crippen LogP contribution in [0.5, 0.6) is 0 Å². The molecule has 3 aromatic carbocycles. The summed E-state index contributed by atoms with van der Waals surface area (Å²) in [7, 11) is 0. The van der Waals surface area contributed by atoms with Crippen molar-refractivity contribution in [2.24, 2.45) is 11.3 Å². The fourth-order valence-electron chi connectivity index (χ4n) is 6.56. The van der Waals surface area contributed by atoms with Crippen LogP contribution < -0.4 is 0 Å². The molecule has 2 saturated carbocycles. The Kier molecular flexibility index (Phi) is 6.48. The summed E-state index contributed by atoms with van der Waals surface area (Å²) in [5.74, 6) is 0.508. The molecule has 3 aromatic rings. The molecule has 3 atom stereocenters. The minimum absolute atomic E-state index is 0.0642. The van der Waals surface area contributed by atoms with E-state index in [1.165, 1.54) is 12.8 Å². The zero-order valence-corrected chi connectivity index (χ0v) is 20.7. The van der Waals surface area contributed by atoms with Crippen LogP contribution in [-0.4, -0.2) is 22.6 Å². The Morgan fingerprint density at radius 1 is 0.788 bits per heavy atom. The molecule has 0 radical (unpaired) electrons. The van der Waals surface area contributed by atoms with Crippen LogP contribution in [0.4, 0.5) is 0 Å². The van der Waals surface area contributed by atoms with Crippen molar-refractivity contribution in [1.29, 1.82) is 0 Å². The van der Waals surface area contributed by atoms with Crippen molar-refractivity contribution in [2.75, 3.05) is 11.9 Å². The maximum Gasteiger partial charge on any atom is 0.143 e. The lowest BCUT2D eigenvalue weighted by Crippen LogP contribution is -2.60. The molecule has 2 fully saturated rings. The Bertz CT molecular complexity index is 938. The maximum absolute atomic E-state index is 11.2. The molecule has 2 aliphatic carbocycles. The minimum Gasteiger partial charge on any atom is -0.388 e. The number of hydrogen-bond donors (Lipinski definition) is 1. The smallest absolute Gasteiger partial charge is 0.143 e. The van der Waals surface area contributed by atoms with E-state index in [9.17, 15) is 5.11 Å². The van der Waals surface area contributed by atoms with Crippen molar-refractivity contribution in [2.45, 2.75) is 49.7 Å². The molecule has 3 unspecified atom stereocenters. The van der Waals surface area contributed by atoms with Gasteiger partial charge in [0.05, 0.1) is 5.60 Å². The number of benzene rings is 3. The molecule has 5 rings (SSSR count). The van der Waals surface area contributed by atoms with E-state index in [1.54, 1.807) is 0 Å². The van der Waals surface area contributed by atoms with Gasteiger partial charge in [-0.1, -0.05) is 113 Å². The van der Waals surface area contributed by atoms with Gasteiger partial charge in [-0.05, 0) is 54.7 Å². The zero-order valence-electron chi connectivity index (χ0n) is 19.1. The molecule has 2 aliphatic rings. The van der Waals surface area contributed by atoms with Crippen molar-refractivity contribution in [3.8, 4) is 0 Å². The first kappa shape index (κ1) is 22.8. The van der Waals surface area contributed by atoms with Gasteiger partial charge in [0.15, 0.2) is 0 Å². The van der Waals surface area contributed by atoms with Gasteiger partial charge in [0, 0.05) is 17.4 Å². The number of alkyl halides is 1. The first-order valence-electron chi connectivity index (χ1n) is 12.2. The lowest BCUT2D eigenvalue weighted by molar-refractivity contribution is -0.173. The predicted molar refractivity (Wildman–Crippen MR) is 138 cm³/mol. The Morgan fingerprint density at radius 2 is 1.30 bits per heavy atom. The van der Waals surface area contributed by atoms with Gasteiger partial charge in [0.25, 0.3) is 0 Å². The zero-order chi connectivity index (χ0) is 22.8. The summed E-state index contributed by atoms with van der Waals surface area (Å²) in [4.78, 5) is 0. The van der Waals surface area contributed by atoms with Crippen LogP contribution in [0.25, 0.3) is 0 Å². The van der Waals surface area contributed by atoms with Crippen molar-refractivity contribution in [3.05, 3.63) is 108 Å². The monoisotopic (exact) mass is 504 g/mol. The molecule has 0 aliphatic heterocycles. The third kappa shape index (κ3) is 3.79. The van der Waals surface area contributed by atoms with Crippen molar-refractivity contribution < 1.29 is 9.84 Å². The molecule has 0 saturated heterocycles. The molecule has 172 valence electrons. The van der Waals surface area contributed by atoms with Crippen LogP contribution in [0.3, 0.4) is 0 Å². The number of halogens is 1. The van der Waals surface area contributed by atoms with Gasteiger partial charge in [0.1, 0.15) is 5.60 Å². The molecule has 2 nitrogen and oxygen atoms in total. The topological polar surface area (TPSA) is 29.5 Å². The highest BCUT2D eigenvalue weighted by Crippen LogP contribution is 2.63. The van der Waals surface area contributed by atoms with Crippen LogP contribution in [0.1, 0.15) is 55.2 Å². The third-order valence-corrected chi connectivity index (χ3v) is 9.34. The van der Waals surface area contributed by atoms with E-state index in [1.807, 2.05) is 0 Å². The number of ether oxygens (including phenoxy) is 1. The minimum atomic E-state index is -0.666. The average Bonchev–Trinajstić information content (AvgIpc) is 3.33. The second kappa shape index (κ2) is 9.37. The van der Waals surface area contributed by atoms with Crippen molar-refractivity contribution in [1.82, 2.24) is 0 Å². The Labute approximate surface area is 206 Å². The molecular weight excluding hydrogens is 472 g/mol. The third-order valence-electron chi connectivity index (χ3n) is 8.42. The van der Waals surface area contributed by atoms with Gasteiger partial charge in [0.2, 0.25) is 0 Å². The Morgan fingerprint density at radius 3 is 1.73 bits per heavy atom. The number of rotatable bonds is 8. The SMILES string of the molecule is OC1(CBr)CCC12CCCC2CCOC(c1ccccc1)(c1ccccc1)c1ccccc1. The van der Waals surface area contributed by atoms with E-state index in [4.69, 9.17) is 4.74 Å². The van der Waals surface area contributed by atoms with Crippen LogP contribution >= 0.6 is 15.9 Å². The highest BCUT2D eigenvalue weighted by atomic mass is 79.9. The van der Waals surface area contributed by atoms with Gasteiger partial charge in [-0.2, -0.15) is 0 Å². The first-order valence-corrected chi connectivity index (χ1v) is 13.4. The first-order chi connectivity index (χ1) is 16.1. The quantitative estimate of drug-likeness (QED) is 0.262. The fraction of sp³-hybridized carbons (Fsp3) is 0.400. The van der Waals surface area contributed by atoms with Crippen LogP contribution in [-0.2, 0) is 10.3 Å². The molecule has 0 amide bonds. The lowest BCUT2D eigenvalue weighted by atomic mass is 9.52. The van der Waals surface area contributed by atoms with E-state index in [-0.39, 0.29) is 5.41 Å². The summed E-state index contributed by atoms with van der Waals surface area (Å²) in [6.07, 6.45) is 6.57. The lowest BCUT2D eigenvalue weighted by Gasteiger charge is -2.57. The molecule has 3 heteroatoms. The molecule has 0 heterocycles. The van der Waals surface area contributed by atoms with Gasteiger partial charge >= 0.3 is 0 Å². The largest absolute Gasteiger partial charge is 0.388 e. The Balaban J connectivity index is 1.48. The van der Waals surface area contributed by atoms with Crippen LogP contribution in [0, 0.1) is 11.3 Å². The highest BCUT2D eigenvalue weighted by molar-refractivity contribution is 9.09. The van der Waals surface area contributed by atoms with E-state index in [2.05, 4.69) is 107 Å². The average molecular weight is 505 g/mol.